The first-order valence-electron chi connectivity index (χ1n) is 8.12. The van der Waals surface area contributed by atoms with Gasteiger partial charge in [-0.1, -0.05) is 0 Å². The highest BCUT2D eigenvalue weighted by Crippen LogP contribution is 2.44. The summed E-state index contributed by atoms with van der Waals surface area (Å²) in [6.07, 6.45) is 4.83. The summed E-state index contributed by atoms with van der Waals surface area (Å²) in [5, 5.41) is 7.41. The van der Waals surface area contributed by atoms with Crippen LogP contribution in [-0.4, -0.2) is 26.7 Å². The third kappa shape index (κ3) is 2.98. The molecule has 2 fully saturated rings. The Labute approximate surface area is 133 Å². The normalized spacial score (nSPS) is 17.5. The molecule has 6 heteroatoms. The van der Waals surface area contributed by atoms with Gasteiger partial charge in [0, 0.05) is 6.04 Å². The average Bonchev–Trinajstić information content (AvgIpc) is 3.44. The number of hydrogen-bond acceptors (Lipinski definition) is 3. The van der Waals surface area contributed by atoms with E-state index in [2.05, 4.69) is 15.4 Å². The van der Waals surface area contributed by atoms with Crippen LogP contribution in [0.25, 0.3) is 5.69 Å². The van der Waals surface area contributed by atoms with Gasteiger partial charge in [-0.15, -0.1) is 5.10 Å². The number of amides is 1. The van der Waals surface area contributed by atoms with E-state index in [4.69, 9.17) is 0 Å². The highest BCUT2D eigenvalue weighted by Gasteiger charge is 2.42. The first kappa shape index (κ1) is 14.4. The van der Waals surface area contributed by atoms with E-state index in [1.54, 1.807) is 23.7 Å². The number of hydrogen-bond donors (Lipinski definition) is 1. The lowest BCUT2D eigenvalue weighted by atomic mass is 10.1. The third-order valence-electron chi connectivity index (χ3n) is 4.60. The van der Waals surface area contributed by atoms with Crippen molar-refractivity contribution in [3.05, 3.63) is 41.7 Å². The number of aryl methyl sites for hydroxylation is 1. The van der Waals surface area contributed by atoms with E-state index in [1.807, 2.05) is 0 Å². The minimum absolute atomic E-state index is 0.179. The Kier molecular flexibility index (Phi) is 3.39. The molecule has 0 bridgehead atoms. The summed E-state index contributed by atoms with van der Waals surface area (Å²) >= 11 is 0. The predicted octanol–water partition coefficient (Wildman–Crippen LogP) is 2.63. The Hall–Kier alpha value is -2.24. The summed E-state index contributed by atoms with van der Waals surface area (Å²) in [5.41, 5.74) is 0.691. The van der Waals surface area contributed by atoms with E-state index in [0.717, 1.165) is 0 Å². The van der Waals surface area contributed by atoms with Crippen LogP contribution in [0.1, 0.15) is 42.1 Å². The molecule has 5 nitrogen and oxygen atoms in total. The molecule has 1 N–H and O–H groups in total. The SMILES string of the molecule is Cc1nc(C(=O)NC(C2CC2)C2CC2)nn1-c1ccc(F)cc1. The number of halogens is 1. The van der Waals surface area contributed by atoms with Gasteiger partial charge in [0.15, 0.2) is 0 Å². The van der Waals surface area contributed by atoms with Crippen molar-refractivity contribution in [3.63, 3.8) is 0 Å². The summed E-state index contributed by atoms with van der Waals surface area (Å²) in [6, 6.07) is 6.26. The van der Waals surface area contributed by atoms with Crippen molar-refractivity contribution < 1.29 is 9.18 Å². The Balaban J connectivity index is 1.53. The van der Waals surface area contributed by atoms with E-state index >= 15 is 0 Å². The zero-order valence-electron chi connectivity index (χ0n) is 13.0. The highest BCUT2D eigenvalue weighted by molar-refractivity contribution is 5.90. The van der Waals surface area contributed by atoms with Gasteiger partial charge in [0.25, 0.3) is 5.91 Å². The molecule has 0 aliphatic heterocycles. The van der Waals surface area contributed by atoms with Gasteiger partial charge in [-0.25, -0.2) is 14.1 Å². The maximum Gasteiger partial charge on any atom is 0.291 e. The molecule has 0 unspecified atom stereocenters. The molecule has 0 atom stereocenters. The van der Waals surface area contributed by atoms with E-state index < -0.39 is 0 Å². The molecular weight excluding hydrogens is 295 g/mol. The number of aromatic nitrogens is 3. The number of carbonyl (C=O) groups is 1. The van der Waals surface area contributed by atoms with Crippen molar-refractivity contribution in [1.82, 2.24) is 20.1 Å². The first-order valence-corrected chi connectivity index (χ1v) is 8.12. The number of benzene rings is 1. The van der Waals surface area contributed by atoms with E-state index in [9.17, 15) is 9.18 Å². The monoisotopic (exact) mass is 314 g/mol. The van der Waals surface area contributed by atoms with Crippen LogP contribution < -0.4 is 5.32 Å². The number of rotatable bonds is 5. The Morgan fingerprint density at radius 3 is 2.39 bits per heavy atom. The van der Waals surface area contributed by atoms with Gasteiger partial charge in [-0.2, -0.15) is 0 Å². The highest BCUT2D eigenvalue weighted by atomic mass is 19.1. The summed E-state index contributed by atoms with van der Waals surface area (Å²) in [7, 11) is 0. The molecule has 1 aromatic carbocycles. The molecule has 1 aromatic heterocycles. The van der Waals surface area contributed by atoms with Crippen LogP contribution in [0, 0.1) is 24.6 Å². The molecule has 23 heavy (non-hydrogen) atoms. The van der Waals surface area contributed by atoms with Crippen molar-refractivity contribution in [2.24, 2.45) is 11.8 Å². The molecule has 0 saturated heterocycles. The van der Waals surface area contributed by atoms with Gasteiger partial charge in [-0.3, -0.25) is 4.79 Å². The quantitative estimate of drug-likeness (QED) is 0.923. The van der Waals surface area contributed by atoms with Crippen molar-refractivity contribution in [2.45, 2.75) is 38.6 Å². The second-order valence-corrected chi connectivity index (χ2v) is 6.54. The minimum atomic E-state index is -0.304. The van der Waals surface area contributed by atoms with E-state index in [-0.39, 0.29) is 23.6 Å². The van der Waals surface area contributed by atoms with Crippen molar-refractivity contribution in [1.29, 1.82) is 0 Å². The lowest BCUT2D eigenvalue weighted by molar-refractivity contribution is 0.0915. The van der Waals surface area contributed by atoms with Gasteiger partial charge in [0.2, 0.25) is 5.82 Å². The fourth-order valence-electron chi connectivity index (χ4n) is 3.06. The number of carbonyl (C=O) groups excluding carboxylic acids is 1. The van der Waals surface area contributed by atoms with Gasteiger partial charge in [-0.05, 0) is 68.7 Å². The maximum atomic E-state index is 13.0. The number of nitrogens with one attached hydrogen (secondary N) is 1. The predicted molar refractivity (Wildman–Crippen MR) is 82.8 cm³/mol. The summed E-state index contributed by atoms with van der Waals surface area (Å²) in [5.74, 6) is 1.53. The molecule has 0 radical (unpaired) electrons. The minimum Gasteiger partial charge on any atom is -0.346 e. The van der Waals surface area contributed by atoms with Gasteiger partial charge in [0.05, 0.1) is 5.69 Å². The molecule has 2 aliphatic carbocycles. The molecule has 2 saturated carbocycles. The van der Waals surface area contributed by atoms with Crippen LogP contribution in [0.3, 0.4) is 0 Å². The lowest BCUT2D eigenvalue weighted by Crippen LogP contribution is -2.38. The fourth-order valence-corrected chi connectivity index (χ4v) is 3.06. The standard InChI is InChI=1S/C17H19FN4O/c1-10-19-16(21-22(10)14-8-6-13(18)7-9-14)17(23)20-15(11-2-3-11)12-4-5-12/h6-9,11-12,15H,2-5H2,1H3,(H,20,23). The van der Waals surface area contributed by atoms with Gasteiger partial charge < -0.3 is 5.32 Å². The smallest absolute Gasteiger partial charge is 0.291 e. The fraction of sp³-hybridized carbons (Fsp3) is 0.471. The van der Waals surface area contributed by atoms with Crippen LogP contribution in [0.2, 0.25) is 0 Å². The largest absolute Gasteiger partial charge is 0.346 e. The lowest BCUT2D eigenvalue weighted by Gasteiger charge is -2.16. The van der Waals surface area contributed by atoms with Gasteiger partial charge in [0.1, 0.15) is 11.6 Å². The molecule has 1 heterocycles. The molecular formula is C17H19FN4O. The average molecular weight is 314 g/mol. The zero-order valence-corrected chi connectivity index (χ0v) is 13.0. The molecule has 2 aromatic rings. The van der Waals surface area contributed by atoms with E-state index in [0.29, 0.717) is 23.3 Å². The van der Waals surface area contributed by atoms with Crippen LogP contribution >= 0.6 is 0 Å². The number of nitrogens with zero attached hydrogens (tertiary/aromatic N) is 3. The Bertz CT molecular complexity index is 720. The van der Waals surface area contributed by atoms with Crippen molar-refractivity contribution >= 4 is 5.91 Å². The summed E-state index contributed by atoms with van der Waals surface area (Å²) < 4.78 is 14.6. The molecule has 1 amide bonds. The third-order valence-corrected chi connectivity index (χ3v) is 4.60. The molecule has 2 aliphatic rings. The van der Waals surface area contributed by atoms with Crippen molar-refractivity contribution in [2.75, 3.05) is 0 Å². The second kappa shape index (κ2) is 5.44. The summed E-state index contributed by atoms with van der Waals surface area (Å²) in [4.78, 5) is 16.7. The molecule has 4 rings (SSSR count). The maximum absolute atomic E-state index is 13.0. The van der Waals surface area contributed by atoms with Gasteiger partial charge >= 0.3 is 0 Å². The van der Waals surface area contributed by atoms with Crippen LogP contribution in [0.5, 0.6) is 0 Å². The Morgan fingerprint density at radius 2 is 1.83 bits per heavy atom. The molecule has 0 spiro atoms. The van der Waals surface area contributed by atoms with Crippen LogP contribution in [0.15, 0.2) is 24.3 Å². The topological polar surface area (TPSA) is 59.8 Å². The van der Waals surface area contributed by atoms with Crippen LogP contribution in [-0.2, 0) is 0 Å². The first-order chi connectivity index (χ1) is 11.1. The zero-order chi connectivity index (χ0) is 16.0. The van der Waals surface area contributed by atoms with Crippen LogP contribution in [0.4, 0.5) is 4.39 Å². The van der Waals surface area contributed by atoms with E-state index in [1.165, 1.54) is 37.8 Å². The summed E-state index contributed by atoms with van der Waals surface area (Å²) in [6.45, 7) is 1.78. The Morgan fingerprint density at radius 1 is 1.22 bits per heavy atom. The second-order valence-electron chi connectivity index (χ2n) is 6.54. The van der Waals surface area contributed by atoms with Crippen molar-refractivity contribution in [3.8, 4) is 5.69 Å². The molecule has 120 valence electrons.